The van der Waals surface area contributed by atoms with Crippen LogP contribution in [0.2, 0.25) is 0 Å². The van der Waals surface area contributed by atoms with Crippen LogP contribution in [0.15, 0.2) is 54.9 Å². The first kappa shape index (κ1) is 29.0. The molecule has 4 rings (SSSR count). The summed E-state index contributed by atoms with van der Waals surface area (Å²) in [6, 6.07) is 12.9. The molecule has 2 atom stereocenters. The zero-order chi connectivity index (χ0) is 28.3. The molecule has 10 nitrogen and oxygen atoms in total. The number of hydrogen-bond acceptors (Lipinski definition) is 6. The van der Waals surface area contributed by atoms with E-state index < -0.39 is 11.9 Å². The highest BCUT2D eigenvalue weighted by molar-refractivity contribution is 5.83. The topological polar surface area (TPSA) is 129 Å². The van der Waals surface area contributed by atoms with Crippen LogP contribution in [-0.4, -0.2) is 76.5 Å². The Labute approximate surface area is 234 Å². The molecule has 3 amide bonds. The maximum absolute atomic E-state index is 13.0. The summed E-state index contributed by atoms with van der Waals surface area (Å²) in [7, 11) is 0. The van der Waals surface area contributed by atoms with E-state index >= 15 is 0 Å². The average Bonchev–Trinajstić information content (AvgIpc) is 3.00. The summed E-state index contributed by atoms with van der Waals surface area (Å²) in [6.07, 6.45) is 7.00. The Morgan fingerprint density at radius 1 is 1.00 bits per heavy atom. The molecule has 40 heavy (non-hydrogen) atoms. The molecule has 2 aliphatic heterocycles. The van der Waals surface area contributed by atoms with Crippen molar-refractivity contribution in [1.29, 1.82) is 0 Å². The predicted molar refractivity (Wildman–Crippen MR) is 147 cm³/mol. The third-order valence-electron chi connectivity index (χ3n) is 7.85. The molecule has 2 aromatic rings. The van der Waals surface area contributed by atoms with Crippen LogP contribution in [0.4, 0.5) is 4.79 Å². The van der Waals surface area contributed by atoms with Gasteiger partial charge in [0.1, 0.15) is 12.5 Å². The van der Waals surface area contributed by atoms with Crippen LogP contribution >= 0.6 is 0 Å². The number of carboxylic acid groups (broad SMARTS) is 1. The molecular weight excluding hydrogens is 512 g/mol. The molecule has 0 radical (unpaired) electrons. The number of nitrogens with zero attached hydrogens (tertiary/aromatic N) is 3. The van der Waals surface area contributed by atoms with Gasteiger partial charge in [0.15, 0.2) is 0 Å². The smallest absolute Gasteiger partial charge is 0.410 e. The zero-order valence-corrected chi connectivity index (χ0v) is 22.7. The number of hydrogen-bond donors (Lipinski definition) is 2. The highest BCUT2D eigenvalue weighted by Gasteiger charge is 2.30. The van der Waals surface area contributed by atoms with Crippen LogP contribution in [-0.2, 0) is 25.7 Å². The van der Waals surface area contributed by atoms with Gasteiger partial charge in [-0.15, -0.1) is 0 Å². The van der Waals surface area contributed by atoms with Crippen molar-refractivity contribution in [1.82, 2.24) is 20.1 Å². The molecule has 0 unspecified atom stereocenters. The minimum atomic E-state index is -1.02. The van der Waals surface area contributed by atoms with E-state index in [1.54, 1.807) is 28.1 Å². The molecule has 0 spiro atoms. The van der Waals surface area contributed by atoms with Gasteiger partial charge in [0, 0.05) is 51.5 Å². The number of piperidine rings is 2. The Hall–Kier alpha value is -3.95. The van der Waals surface area contributed by atoms with Gasteiger partial charge in [0.25, 0.3) is 0 Å². The summed E-state index contributed by atoms with van der Waals surface area (Å²) >= 11 is 0. The number of carbonyl (C=O) groups is 4. The van der Waals surface area contributed by atoms with Crippen molar-refractivity contribution >= 4 is 23.9 Å². The average molecular weight is 551 g/mol. The van der Waals surface area contributed by atoms with E-state index in [0.29, 0.717) is 50.5 Å². The van der Waals surface area contributed by atoms with Crippen molar-refractivity contribution in [2.75, 3.05) is 32.7 Å². The summed E-state index contributed by atoms with van der Waals surface area (Å²) in [5, 5.41) is 12.4. The third-order valence-corrected chi connectivity index (χ3v) is 7.85. The van der Waals surface area contributed by atoms with Crippen LogP contribution in [0.5, 0.6) is 0 Å². The van der Waals surface area contributed by atoms with Gasteiger partial charge in [-0.3, -0.25) is 19.4 Å². The van der Waals surface area contributed by atoms with Gasteiger partial charge in [-0.1, -0.05) is 36.4 Å². The van der Waals surface area contributed by atoms with Gasteiger partial charge in [0.2, 0.25) is 11.8 Å². The Kier molecular flexibility index (Phi) is 10.5. The summed E-state index contributed by atoms with van der Waals surface area (Å²) < 4.78 is 5.44. The number of aliphatic carboxylic acids is 1. The Morgan fingerprint density at radius 2 is 1.77 bits per heavy atom. The number of amides is 3. The van der Waals surface area contributed by atoms with Gasteiger partial charge in [-0.2, -0.15) is 0 Å². The lowest BCUT2D eigenvalue weighted by Gasteiger charge is -2.34. The lowest BCUT2D eigenvalue weighted by atomic mass is 9.91. The van der Waals surface area contributed by atoms with Gasteiger partial charge in [0.05, 0.1) is 5.92 Å². The second kappa shape index (κ2) is 14.4. The highest BCUT2D eigenvalue weighted by Crippen LogP contribution is 2.25. The van der Waals surface area contributed by atoms with E-state index in [1.165, 1.54) is 6.20 Å². The first-order chi connectivity index (χ1) is 19.4. The summed E-state index contributed by atoms with van der Waals surface area (Å²) in [5.74, 6) is -2.07. The highest BCUT2D eigenvalue weighted by atomic mass is 16.6. The number of pyridine rings is 1. The lowest BCUT2D eigenvalue weighted by Crippen LogP contribution is -2.46. The summed E-state index contributed by atoms with van der Waals surface area (Å²) in [6.45, 7) is 2.45. The molecule has 3 heterocycles. The van der Waals surface area contributed by atoms with E-state index in [-0.39, 0.29) is 37.0 Å². The molecular formula is C30H38N4O6. The van der Waals surface area contributed by atoms with Crippen molar-refractivity contribution in [2.24, 2.45) is 11.8 Å². The van der Waals surface area contributed by atoms with E-state index in [9.17, 15) is 24.3 Å². The van der Waals surface area contributed by atoms with Crippen LogP contribution in [0, 0.1) is 11.8 Å². The number of nitrogens with one attached hydrogen (secondary N) is 1. The predicted octanol–water partition coefficient (Wildman–Crippen LogP) is 3.43. The zero-order valence-electron chi connectivity index (χ0n) is 22.7. The largest absolute Gasteiger partial charge is 0.481 e. The van der Waals surface area contributed by atoms with E-state index in [1.807, 2.05) is 30.3 Å². The molecule has 214 valence electrons. The fraction of sp³-hybridized carbons (Fsp3) is 0.500. The Morgan fingerprint density at radius 3 is 2.48 bits per heavy atom. The molecule has 1 aromatic carbocycles. The number of likely N-dealkylation sites (tertiary alicyclic amines) is 2. The van der Waals surface area contributed by atoms with Crippen molar-refractivity contribution in [3.05, 3.63) is 66.0 Å². The van der Waals surface area contributed by atoms with Crippen molar-refractivity contribution < 1.29 is 29.0 Å². The van der Waals surface area contributed by atoms with Crippen LogP contribution in [0.1, 0.15) is 55.6 Å². The number of carboxylic acids is 1. The second-order valence-corrected chi connectivity index (χ2v) is 10.6. The van der Waals surface area contributed by atoms with E-state index in [4.69, 9.17) is 4.74 Å². The van der Waals surface area contributed by atoms with Crippen molar-refractivity contribution in [2.45, 2.75) is 51.0 Å². The minimum Gasteiger partial charge on any atom is -0.481 e. The van der Waals surface area contributed by atoms with Crippen molar-refractivity contribution in [3.63, 3.8) is 0 Å². The van der Waals surface area contributed by atoms with Crippen molar-refractivity contribution in [3.8, 4) is 0 Å². The Balaban J connectivity index is 1.16. The fourth-order valence-corrected chi connectivity index (χ4v) is 5.40. The first-order valence-electron chi connectivity index (χ1n) is 14.0. The molecule has 2 N–H and O–H groups in total. The first-order valence-corrected chi connectivity index (χ1v) is 14.0. The van der Waals surface area contributed by atoms with Gasteiger partial charge < -0.3 is 25.0 Å². The number of benzene rings is 1. The molecule has 2 fully saturated rings. The Bertz CT molecular complexity index is 1140. The normalized spacial score (nSPS) is 18.6. The fourth-order valence-electron chi connectivity index (χ4n) is 5.40. The van der Waals surface area contributed by atoms with E-state index in [0.717, 1.165) is 31.2 Å². The molecule has 10 heteroatoms. The molecule has 2 saturated heterocycles. The number of carbonyl (C=O) groups excluding carboxylic acids is 3. The maximum atomic E-state index is 13.0. The summed E-state index contributed by atoms with van der Waals surface area (Å²) in [5.41, 5.74) is 1.49. The molecule has 0 bridgehead atoms. The lowest BCUT2D eigenvalue weighted by molar-refractivity contribution is -0.138. The van der Waals surface area contributed by atoms with Gasteiger partial charge in [-0.25, -0.2) is 4.79 Å². The van der Waals surface area contributed by atoms with Crippen LogP contribution in [0.25, 0.3) is 0 Å². The molecule has 0 aliphatic carbocycles. The molecule has 0 saturated carbocycles. The van der Waals surface area contributed by atoms with Gasteiger partial charge in [-0.05, 0) is 55.2 Å². The van der Waals surface area contributed by atoms with Gasteiger partial charge >= 0.3 is 12.1 Å². The quantitative estimate of drug-likeness (QED) is 0.464. The second-order valence-electron chi connectivity index (χ2n) is 10.6. The van der Waals surface area contributed by atoms with Crippen LogP contribution in [0.3, 0.4) is 0 Å². The monoisotopic (exact) mass is 550 g/mol. The maximum Gasteiger partial charge on any atom is 0.410 e. The van der Waals surface area contributed by atoms with Crippen LogP contribution < -0.4 is 5.32 Å². The molecule has 2 aliphatic rings. The SMILES string of the molecule is O=C(NC[C@@H](C(=O)O)c1cccnc1)[C@H]1CCCN(C(=O)CCC2CCN(C(=O)OCc3ccccc3)CC2)C1. The minimum absolute atomic E-state index is 0.0250. The number of aromatic nitrogens is 1. The van der Waals surface area contributed by atoms with E-state index in [2.05, 4.69) is 10.3 Å². The number of ether oxygens (including phenoxy) is 1. The third kappa shape index (κ3) is 8.27. The standard InChI is InChI=1S/C30H38N4O6/c35-27(11-10-22-12-16-33(17-13-22)30(39)40-21-23-6-2-1-3-7-23)34-15-5-9-25(20-34)28(36)32-19-26(29(37)38)24-8-4-14-31-18-24/h1-4,6-8,14,18,22,25-26H,5,9-13,15-17,19-21H2,(H,32,36)(H,37,38)/t25-,26+/m0/s1. The number of rotatable bonds is 10. The summed E-state index contributed by atoms with van der Waals surface area (Å²) in [4.78, 5) is 57.4. The molecule has 1 aromatic heterocycles.